The molecule has 0 aliphatic heterocycles. The van der Waals surface area contributed by atoms with Gasteiger partial charge in [0, 0.05) is 0 Å². The summed E-state index contributed by atoms with van der Waals surface area (Å²) in [5.41, 5.74) is 0.440. The average Bonchev–Trinajstić information content (AvgIpc) is 2.29. The second-order valence-electron chi connectivity index (χ2n) is 4.06. The highest BCUT2D eigenvalue weighted by atomic mass is 35.5. The Hall–Kier alpha value is -0.540. The molecule has 78 valence electrons. The molecule has 0 atom stereocenters. The Morgan fingerprint density at radius 3 is 2.43 bits per heavy atom. The topological polar surface area (TPSA) is 26.3 Å². The molecule has 1 rings (SSSR count). The second kappa shape index (κ2) is 3.91. The van der Waals surface area contributed by atoms with Gasteiger partial charge < -0.3 is 4.74 Å². The van der Waals surface area contributed by atoms with Crippen molar-refractivity contribution in [1.82, 2.24) is 0 Å². The summed E-state index contributed by atoms with van der Waals surface area (Å²) < 4.78 is 5.20. The third-order valence-electron chi connectivity index (χ3n) is 1.48. The number of hydrogen-bond donors (Lipinski definition) is 0. The van der Waals surface area contributed by atoms with Crippen LogP contribution < -0.4 is 0 Å². The molecule has 0 radical (unpaired) electrons. The molecular weight excluding hydrogens is 220 g/mol. The number of carbonyl (C=O) groups is 1. The smallest absolute Gasteiger partial charge is 0.350 e. The summed E-state index contributed by atoms with van der Waals surface area (Å²) in [6.07, 6.45) is 0. The number of esters is 1. The Morgan fingerprint density at radius 2 is 2.07 bits per heavy atom. The highest BCUT2D eigenvalue weighted by Crippen LogP contribution is 2.28. The van der Waals surface area contributed by atoms with Crippen LogP contribution in [0, 0.1) is 6.92 Å². The summed E-state index contributed by atoms with van der Waals surface area (Å²) in [5.74, 6) is -0.347. The minimum Gasteiger partial charge on any atom is -0.456 e. The highest BCUT2D eigenvalue weighted by molar-refractivity contribution is 7.12. The first-order valence-corrected chi connectivity index (χ1v) is 5.54. The molecule has 0 aliphatic carbocycles. The number of aryl methyl sites for hydroxylation is 1. The minimum absolute atomic E-state index is 0.347. The summed E-state index contributed by atoms with van der Waals surface area (Å²) in [4.78, 5) is 12.1. The van der Waals surface area contributed by atoms with Crippen molar-refractivity contribution in [3.05, 3.63) is 20.8 Å². The van der Waals surface area contributed by atoms with Gasteiger partial charge in [0.15, 0.2) is 0 Å². The monoisotopic (exact) mass is 232 g/mol. The average molecular weight is 233 g/mol. The van der Waals surface area contributed by atoms with Crippen LogP contribution in [0.25, 0.3) is 0 Å². The largest absolute Gasteiger partial charge is 0.456 e. The Bertz CT molecular complexity index is 349. The van der Waals surface area contributed by atoms with Gasteiger partial charge in [-0.1, -0.05) is 11.6 Å². The Morgan fingerprint density at radius 1 is 1.50 bits per heavy atom. The van der Waals surface area contributed by atoms with Crippen LogP contribution >= 0.6 is 22.9 Å². The quantitative estimate of drug-likeness (QED) is 0.691. The predicted octanol–water partition coefficient (Wildman–Crippen LogP) is 3.67. The summed E-state index contributed by atoms with van der Waals surface area (Å²) in [6.45, 7) is 7.37. The molecule has 0 aliphatic rings. The maximum Gasteiger partial charge on any atom is 0.350 e. The first kappa shape index (κ1) is 11.5. The first-order chi connectivity index (χ1) is 6.31. The molecule has 0 saturated carbocycles. The Labute approximate surface area is 92.8 Å². The number of thiophene rings is 1. The molecule has 2 nitrogen and oxygen atoms in total. The number of halogens is 1. The lowest BCUT2D eigenvalue weighted by molar-refractivity contribution is 0.00754. The fraction of sp³-hybridized carbons (Fsp3) is 0.500. The van der Waals surface area contributed by atoms with Gasteiger partial charge in [0.1, 0.15) is 10.5 Å². The molecule has 0 N–H and O–H groups in total. The lowest BCUT2D eigenvalue weighted by Gasteiger charge is -2.18. The van der Waals surface area contributed by atoms with E-state index in [1.165, 1.54) is 11.3 Å². The molecule has 0 amide bonds. The van der Waals surface area contributed by atoms with Crippen LogP contribution in [0.15, 0.2) is 5.38 Å². The zero-order chi connectivity index (χ0) is 10.9. The van der Waals surface area contributed by atoms with E-state index in [9.17, 15) is 4.79 Å². The summed E-state index contributed by atoms with van der Waals surface area (Å²) in [7, 11) is 0. The van der Waals surface area contributed by atoms with E-state index >= 15 is 0 Å². The summed E-state index contributed by atoms with van der Waals surface area (Å²) in [6, 6.07) is 0. The maximum atomic E-state index is 11.6. The van der Waals surface area contributed by atoms with Crippen molar-refractivity contribution >= 4 is 28.9 Å². The van der Waals surface area contributed by atoms with Gasteiger partial charge in [0.2, 0.25) is 0 Å². The molecular formula is C10H13ClO2S. The van der Waals surface area contributed by atoms with Crippen molar-refractivity contribution in [2.24, 2.45) is 0 Å². The second-order valence-corrected chi connectivity index (χ2v) is 5.32. The van der Waals surface area contributed by atoms with Crippen molar-refractivity contribution in [2.45, 2.75) is 33.3 Å². The van der Waals surface area contributed by atoms with E-state index < -0.39 is 5.60 Å². The molecule has 0 unspecified atom stereocenters. The fourth-order valence-electron chi connectivity index (χ4n) is 0.892. The van der Waals surface area contributed by atoms with Crippen LogP contribution in [-0.2, 0) is 4.74 Å². The SMILES string of the molecule is Cc1csc(C(=O)OC(C)(C)C)c1Cl. The van der Waals surface area contributed by atoms with Gasteiger partial charge in [0.25, 0.3) is 0 Å². The van der Waals surface area contributed by atoms with Gasteiger partial charge in [0.05, 0.1) is 5.02 Å². The fourth-order valence-corrected chi connectivity index (χ4v) is 2.04. The van der Waals surface area contributed by atoms with E-state index in [4.69, 9.17) is 16.3 Å². The Kier molecular flexibility index (Phi) is 3.22. The van der Waals surface area contributed by atoms with E-state index in [2.05, 4.69) is 0 Å². The zero-order valence-electron chi connectivity index (χ0n) is 8.68. The molecule has 1 aromatic heterocycles. The van der Waals surface area contributed by atoms with E-state index in [0.717, 1.165) is 5.56 Å². The normalized spacial score (nSPS) is 11.5. The van der Waals surface area contributed by atoms with E-state index in [0.29, 0.717) is 9.90 Å². The van der Waals surface area contributed by atoms with Crippen LogP contribution in [0.3, 0.4) is 0 Å². The predicted molar refractivity (Wildman–Crippen MR) is 59.2 cm³/mol. The van der Waals surface area contributed by atoms with Crippen LogP contribution in [0.2, 0.25) is 5.02 Å². The number of hydrogen-bond acceptors (Lipinski definition) is 3. The van der Waals surface area contributed by atoms with E-state index in [-0.39, 0.29) is 5.97 Å². The number of ether oxygens (including phenoxy) is 1. The summed E-state index contributed by atoms with van der Waals surface area (Å²) >= 11 is 7.26. The molecule has 1 heterocycles. The van der Waals surface area contributed by atoms with E-state index in [1.807, 2.05) is 33.1 Å². The van der Waals surface area contributed by atoms with Gasteiger partial charge in [-0.3, -0.25) is 0 Å². The van der Waals surface area contributed by atoms with Crippen LogP contribution in [0.1, 0.15) is 36.0 Å². The first-order valence-electron chi connectivity index (χ1n) is 4.28. The minimum atomic E-state index is -0.474. The van der Waals surface area contributed by atoms with Crippen molar-refractivity contribution in [3.8, 4) is 0 Å². The van der Waals surface area contributed by atoms with Crippen molar-refractivity contribution < 1.29 is 9.53 Å². The van der Waals surface area contributed by atoms with Gasteiger partial charge in [-0.15, -0.1) is 11.3 Å². The van der Waals surface area contributed by atoms with Gasteiger partial charge >= 0.3 is 5.97 Å². The van der Waals surface area contributed by atoms with Crippen molar-refractivity contribution in [2.75, 3.05) is 0 Å². The van der Waals surface area contributed by atoms with Gasteiger partial charge in [-0.25, -0.2) is 4.79 Å². The van der Waals surface area contributed by atoms with Crippen molar-refractivity contribution in [1.29, 1.82) is 0 Å². The van der Waals surface area contributed by atoms with Gasteiger partial charge in [-0.2, -0.15) is 0 Å². The maximum absolute atomic E-state index is 11.6. The molecule has 4 heteroatoms. The molecule has 0 spiro atoms. The lowest BCUT2D eigenvalue weighted by Crippen LogP contribution is -2.23. The number of rotatable bonds is 1. The van der Waals surface area contributed by atoms with Crippen LogP contribution in [0.4, 0.5) is 0 Å². The molecule has 0 bridgehead atoms. The standard InChI is InChI=1S/C10H13ClO2S/c1-6-5-14-8(7(6)11)9(12)13-10(2,3)4/h5H,1-4H3. The third-order valence-corrected chi connectivity index (χ3v) is 3.16. The molecule has 0 fully saturated rings. The van der Waals surface area contributed by atoms with Gasteiger partial charge in [-0.05, 0) is 38.6 Å². The summed E-state index contributed by atoms with van der Waals surface area (Å²) in [5, 5.41) is 2.35. The third kappa shape index (κ3) is 2.72. The molecule has 0 aromatic carbocycles. The van der Waals surface area contributed by atoms with Crippen molar-refractivity contribution in [3.63, 3.8) is 0 Å². The highest BCUT2D eigenvalue weighted by Gasteiger charge is 2.21. The molecule has 14 heavy (non-hydrogen) atoms. The lowest BCUT2D eigenvalue weighted by atomic mass is 10.2. The number of carbonyl (C=O) groups excluding carboxylic acids is 1. The molecule has 0 saturated heterocycles. The van der Waals surface area contributed by atoms with Crippen LogP contribution in [0.5, 0.6) is 0 Å². The molecule has 1 aromatic rings. The van der Waals surface area contributed by atoms with E-state index in [1.54, 1.807) is 0 Å². The van der Waals surface area contributed by atoms with Crippen LogP contribution in [-0.4, -0.2) is 11.6 Å². The zero-order valence-corrected chi connectivity index (χ0v) is 10.3. The Balaban J connectivity index is 2.86.